The fourth-order valence-corrected chi connectivity index (χ4v) is 2.36. The first-order chi connectivity index (χ1) is 7.04. The van der Waals surface area contributed by atoms with E-state index in [1.165, 1.54) is 25.9 Å². The topological polar surface area (TPSA) is 12.5 Å². The van der Waals surface area contributed by atoms with Crippen LogP contribution in [0.4, 0.5) is 0 Å². The minimum atomic E-state index is 0.492. The maximum atomic E-state index is 5.39. The maximum Gasteiger partial charge on any atom is 0.0593 e. The molecular weight excluding hydrogens is 186 g/mol. The zero-order chi connectivity index (χ0) is 11.3. The van der Waals surface area contributed by atoms with Crippen molar-refractivity contribution in [3.8, 4) is 0 Å². The Morgan fingerprint density at radius 3 is 2.27 bits per heavy atom. The van der Waals surface area contributed by atoms with Gasteiger partial charge in [0.05, 0.1) is 6.61 Å². The number of likely N-dealkylation sites (tertiary alicyclic amines) is 1. The molecule has 0 bridgehead atoms. The number of hydrogen-bond acceptors (Lipinski definition) is 2. The first-order valence-electron chi connectivity index (χ1n) is 6.34. The molecule has 0 saturated carbocycles. The maximum absolute atomic E-state index is 5.39. The van der Waals surface area contributed by atoms with E-state index >= 15 is 0 Å². The van der Waals surface area contributed by atoms with Crippen molar-refractivity contribution >= 4 is 0 Å². The summed E-state index contributed by atoms with van der Waals surface area (Å²) in [5, 5.41) is 0. The van der Waals surface area contributed by atoms with Crippen molar-refractivity contribution in [3.63, 3.8) is 0 Å². The molecule has 2 heteroatoms. The van der Waals surface area contributed by atoms with Crippen molar-refractivity contribution in [3.05, 3.63) is 0 Å². The fraction of sp³-hybridized carbons (Fsp3) is 1.00. The van der Waals surface area contributed by atoms with E-state index in [-0.39, 0.29) is 0 Å². The van der Waals surface area contributed by atoms with Gasteiger partial charge in [0, 0.05) is 13.2 Å². The molecule has 1 aliphatic heterocycles. The van der Waals surface area contributed by atoms with Gasteiger partial charge in [-0.25, -0.2) is 0 Å². The molecule has 0 aromatic heterocycles. The molecule has 90 valence electrons. The second-order valence-corrected chi connectivity index (χ2v) is 5.68. The highest BCUT2D eigenvalue weighted by molar-refractivity contribution is 4.80. The van der Waals surface area contributed by atoms with E-state index in [2.05, 4.69) is 32.6 Å². The number of nitrogens with zero attached hydrogens (tertiary/aromatic N) is 1. The molecule has 0 aromatic rings. The monoisotopic (exact) mass is 213 g/mol. The molecule has 1 aliphatic rings. The van der Waals surface area contributed by atoms with E-state index in [1.807, 2.05) is 0 Å². The minimum absolute atomic E-state index is 0.492. The van der Waals surface area contributed by atoms with Gasteiger partial charge in [-0.1, -0.05) is 20.8 Å². The van der Waals surface area contributed by atoms with Crippen LogP contribution in [0.3, 0.4) is 0 Å². The Bertz CT molecular complexity index is 166. The Morgan fingerprint density at radius 1 is 1.20 bits per heavy atom. The summed E-state index contributed by atoms with van der Waals surface area (Å²) >= 11 is 0. The van der Waals surface area contributed by atoms with Crippen LogP contribution in [0.1, 0.15) is 40.5 Å². The molecule has 0 amide bonds. The normalized spacial score (nSPS) is 20.8. The Balaban J connectivity index is 2.18. The van der Waals surface area contributed by atoms with Crippen LogP contribution in [0, 0.1) is 11.3 Å². The van der Waals surface area contributed by atoms with E-state index < -0.39 is 0 Å². The molecule has 1 fully saturated rings. The van der Waals surface area contributed by atoms with Crippen LogP contribution in [0.2, 0.25) is 0 Å². The van der Waals surface area contributed by atoms with Gasteiger partial charge in [-0.05, 0) is 44.2 Å². The van der Waals surface area contributed by atoms with Gasteiger partial charge < -0.3 is 9.64 Å². The molecule has 1 saturated heterocycles. The summed E-state index contributed by atoms with van der Waals surface area (Å²) < 4.78 is 5.39. The van der Waals surface area contributed by atoms with Crippen molar-refractivity contribution in [2.45, 2.75) is 40.5 Å². The predicted octanol–water partition coefficient (Wildman–Crippen LogP) is 2.78. The van der Waals surface area contributed by atoms with Crippen LogP contribution in [0.15, 0.2) is 0 Å². The first kappa shape index (κ1) is 13.0. The smallest absolute Gasteiger partial charge is 0.0593 e. The zero-order valence-corrected chi connectivity index (χ0v) is 10.9. The van der Waals surface area contributed by atoms with Gasteiger partial charge in [0.15, 0.2) is 0 Å². The molecule has 15 heavy (non-hydrogen) atoms. The van der Waals surface area contributed by atoms with Crippen LogP contribution in [0.5, 0.6) is 0 Å². The quantitative estimate of drug-likeness (QED) is 0.666. The molecule has 0 N–H and O–H groups in total. The molecular formula is C13H27NO. The van der Waals surface area contributed by atoms with Crippen LogP contribution < -0.4 is 0 Å². The molecule has 0 aromatic carbocycles. The summed E-state index contributed by atoms with van der Waals surface area (Å²) in [6, 6.07) is 0. The molecule has 1 rings (SSSR count). The highest BCUT2D eigenvalue weighted by Crippen LogP contribution is 2.33. The zero-order valence-electron chi connectivity index (χ0n) is 10.9. The summed E-state index contributed by atoms with van der Waals surface area (Å²) in [6.07, 6.45) is 2.71. The number of rotatable bonds is 4. The summed E-state index contributed by atoms with van der Waals surface area (Å²) in [6.45, 7) is 14.5. The Labute approximate surface area is 95.0 Å². The lowest BCUT2D eigenvalue weighted by Gasteiger charge is -2.38. The molecule has 1 heterocycles. The van der Waals surface area contributed by atoms with E-state index in [0.717, 1.165) is 25.7 Å². The minimum Gasteiger partial charge on any atom is -0.380 e. The van der Waals surface area contributed by atoms with E-state index in [1.54, 1.807) is 0 Å². The third-order valence-electron chi connectivity index (χ3n) is 3.57. The lowest BCUT2D eigenvalue weighted by Crippen LogP contribution is -2.39. The number of hydrogen-bond donors (Lipinski definition) is 0. The van der Waals surface area contributed by atoms with E-state index in [9.17, 15) is 0 Å². The van der Waals surface area contributed by atoms with Gasteiger partial charge in [-0.15, -0.1) is 0 Å². The third kappa shape index (κ3) is 4.52. The molecule has 0 unspecified atom stereocenters. The van der Waals surface area contributed by atoms with E-state index in [4.69, 9.17) is 4.74 Å². The van der Waals surface area contributed by atoms with Gasteiger partial charge in [-0.3, -0.25) is 0 Å². The standard InChI is InChI=1S/C13H27NO/c1-5-15-11-10-14-8-6-12(7-9-14)13(2,3)4/h12H,5-11H2,1-4H3. The van der Waals surface area contributed by atoms with Crippen molar-refractivity contribution in [1.82, 2.24) is 4.90 Å². The first-order valence-corrected chi connectivity index (χ1v) is 6.34. The third-order valence-corrected chi connectivity index (χ3v) is 3.57. The SMILES string of the molecule is CCOCCN1CCC(C(C)(C)C)CC1. The lowest BCUT2D eigenvalue weighted by atomic mass is 9.75. The van der Waals surface area contributed by atoms with Gasteiger partial charge in [0.25, 0.3) is 0 Å². The van der Waals surface area contributed by atoms with Crippen molar-refractivity contribution in [2.75, 3.05) is 32.8 Å². The highest BCUT2D eigenvalue weighted by atomic mass is 16.5. The lowest BCUT2D eigenvalue weighted by molar-refractivity contribution is 0.0737. The summed E-state index contributed by atoms with van der Waals surface area (Å²) in [7, 11) is 0. The summed E-state index contributed by atoms with van der Waals surface area (Å²) in [4.78, 5) is 2.54. The van der Waals surface area contributed by atoms with Crippen LogP contribution in [-0.4, -0.2) is 37.7 Å². The van der Waals surface area contributed by atoms with Crippen molar-refractivity contribution in [1.29, 1.82) is 0 Å². The van der Waals surface area contributed by atoms with Crippen molar-refractivity contribution in [2.24, 2.45) is 11.3 Å². The second kappa shape index (κ2) is 5.86. The molecule has 0 spiro atoms. The average Bonchev–Trinajstić information content (AvgIpc) is 2.18. The van der Waals surface area contributed by atoms with Gasteiger partial charge in [-0.2, -0.15) is 0 Å². The number of piperidine rings is 1. The Kier molecular flexibility index (Phi) is 5.07. The Morgan fingerprint density at radius 2 is 1.80 bits per heavy atom. The predicted molar refractivity (Wildman–Crippen MR) is 65.1 cm³/mol. The molecule has 0 radical (unpaired) electrons. The molecule has 0 aliphatic carbocycles. The van der Waals surface area contributed by atoms with E-state index in [0.29, 0.717) is 5.41 Å². The van der Waals surface area contributed by atoms with Crippen LogP contribution >= 0.6 is 0 Å². The number of ether oxygens (including phenoxy) is 1. The van der Waals surface area contributed by atoms with Crippen LogP contribution in [0.25, 0.3) is 0 Å². The average molecular weight is 213 g/mol. The second-order valence-electron chi connectivity index (χ2n) is 5.68. The summed E-state index contributed by atoms with van der Waals surface area (Å²) in [5.74, 6) is 0.904. The van der Waals surface area contributed by atoms with Gasteiger partial charge in [0.2, 0.25) is 0 Å². The van der Waals surface area contributed by atoms with Gasteiger partial charge in [0.1, 0.15) is 0 Å². The fourth-order valence-electron chi connectivity index (χ4n) is 2.36. The highest BCUT2D eigenvalue weighted by Gasteiger charge is 2.28. The summed E-state index contributed by atoms with van der Waals surface area (Å²) in [5.41, 5.74) is 0.492. The van der Waals surface area contributed by atoms with Crippen molar-refractivity contribution < 1.29 is 4.74 Å². The molecule has 2 nitrogen and oxygen atoms in total. The van der Waals surface area contributed by atoms with Crippen LogP contribution in [-0.2, 0) is 4.74 Å². The largest absolute Gasteiger partial charge is 0.380 e. The molecule has 0 atom stereocenters. The Hall–Kier alpha value is -0.0800. The van der Waals surface area contributed by atoms with Gasteiger partial charge >= 0.3 is 0 Å².